The first-order valence-electron chi connectivity index (χ1n) is 13.9. The van der Waals surface area contributed by atoms with Gasteiger partial charge in [0.1, 0.15) is 17.2 Å². The molecule has 0 unspecified atom stereocenters. The standard InChI is InChI=1S/C31H35ClFN5O3/c1-5-25-30(38-19-22(32)8-12-29(38)35-25)31(39)34-17-21-7-10-26(24(33)15-21)36-13-14-37(20(3)18-36)23-9-11-27(41-6-2)28(16-23)40-4/h7-12,15-16,19-20H,5-6,13-14,17-18H2,1-4H3,(H,34,39)/t20-/m0/s1. The third kappa shape index (κ3) is 5.91. The second kappa shape index (κ2) is 12.3. The number of amides is 1. The van der Waals surface area contributed by atoms with Gasteiger partial charge in [-0.25, -0.2) is 9.37 Å². The van der Waals surface area contributed by atoms with Crippen LogP contribution < -0.4 is 24.6 Å². The van der Waals surface area contributed by atoms with Gasteiger partial charge in [-0.15, -0.1) is 0 Å². The average Bonchev–Trinajstić information content (AvgIpc) is 3.34. The van der Waals surface area contributed by atoms with Gasteiger partial charge in [-0.05, 0) is 62.2 Å². The Labute approximate surface area is 244 Å². The van der Waals surface area contributed by atoms with E-state index in [1.807, 2.05) is 38.1 Å². The number of piperazine rings is 1. The first-order chi connectivity index (χ1) is 19.8. The Hall–Kier alpha value is -3.98. The Bertz CT molecular complexity index is 1560. The van der Waals surface area contributed by atoms with Gasteiger partial charge in [-0.2, -0.15) is 0 Å². The Balaban J connectivity index is 1.24. The number of halogens is 2. The van der Waals surface area contributed by atoms with E-state index in [9.17, 15) is 4.79 Å². The van der Waals surface area contributed by atoms with Crippen LogP contribution in [0.4, 0.5) is 15.8 Å². The smallest absolute Gasteiger partial charge is 0.270 e. The van der Waals surface area contributed by atoms with Crippen LogP contribution in [0.3, 0.4) is 0 Å². The minimum atomic E-state index is -0.309. The number of aryl methyl sites for hydroxylation is 1. The zero-order valence-electron chi connectivity index (χ0n) is 23.8. The lowest BCUT2D eigenvalue weighted by molar-refractivity contribution is 0.0944. The summed E-state index contributed by atoms with van der Waals surface area (Å²) in [6.07, 6.45) is 2.28. The third-order valence-corrected chi connectivity index (χ3v) is 7.64. The van der Waals surface area contributed by atoms with Crippen LogP contribution in [0.15, 0.2) is 54.7 Å². The molecule has 4 aromatic rings. The highest BCUT2D eigenvalue weighted by Crippen LogP contribution is 2.34. The monoisotopic (exact) mass is 579 g/mol. The molecule has 2 aromatic carbocycles. The van der Waals surface area contributed by atoms with Gasteiger partial charge in [-0.3, -0.25) is 9.20 Å². The van der Waals surface area contributed by atoms with Crippen LogP contribution in [0.2, 0.25) is 5.02 Å². The minimum Gasteiger partial charge on any atom is -0.493 e. The molecule has 41 heavy (non-hydrogen) atoms. The summed E-state index contributed by atoms with van der Waals surface area (Å²) in [4.78, 5) is 22.0. The number of ether oxygens (including phenoxy) is 2. The molecule has 0 bridgehead atoms. The number of methoxy groups -OCH3 is 1. The number of carbonyl (C=O) groups excluding carboxylic acids is 1. The summed E-state index contributed by atoms with van der Waals surface area (Å²) in [5.41, 5.74) is 4.06. The fraction of sp³-hybridized carbons (Fsp3) is 0.355. The lowest BCUT2D eigenvalue weighted by Gasteiger charge is -2.42. The molecule has 0 aliphatic carbocycles. The number of nitrogens with one attached hydrogen (secondary N) is 1. The Morgan fingerprint density at radius 3 is 2.66 bits per heavy atom. The van der Waals surface area contributed by atoms with Crippen molar-refractivity contribution in [2.24, 2.45) is 0 Å². The molecule has 3 heterocycles. The van der Waals surface area contributed by atoms with Crippen LogP contribution in [0.1, 0.15) is 42.5 Å². The molecule has 1 atom stereocenters. The summed E-state index contributed by atoms with van der Waals surface area (Å²) < 4.78 is 28.2. The van der Waals surface area contributed by atoms with Crippen molar-refractivity contribution in [1.29, 1.82) is 0 Å². The molecule has 0 spiro atoms. The van der Waals surface area contributed by atoms with Gasteiger partial charge >= 0.3 is 0 Å². The zero-order valence-corrected chi connectivity index (χ0v) is 24.5. The summed E-state index contributed by atoms with van der Waals surface area (Å²) in [5.74, 6) is 0.828. The number of aromatic nitrogens is 2. The van der Waals surface area contributed by atoms with Crippen molar-refractivity contribution in [3.8, 4) is 11.5 Å². The van der Waals surface area contributed by atoms with Crippen molar-refractivity contribution in [2.75, 3.05) is 43.2 Å². The molecule has 2 aromatic heterocycles. The van der Waals surface area contributed by atoms with Crippen LogP contribution in [0.25, 0.3) is 5.65 Å². The second-order valence-electron chi connectivity index (χ2n) is 10.1. The third-order valence-electron chi connectivity index (χ3n) is 7.42. The molecule has 1 amide bonds. The van der Waals surface area contributed by atoms with E-state index in [4.69, 9.17) is 21.1 Å². The second-order valence-corrected chi connectivity index (χ2v) is 10.5. The minimum absolute atomic E-state index is 0.150. The molecule has 216 valence electrons. The maximum absolute atomic E-state index is 15.3. The van der Waals surface area contributed by atoms with Crippen LogP contribution in [-0.4, -0.2) is 54.7 Å². The molecule has 1 saturated heterocycles. The molecule has 1 aliphatic rings. The largest absolute Gasteiger partial charge is 0.493 e. The van der Waals surface area contributed by atoms with E-state index >= 15 is 4.39 Å². The van der Waals surface area contributed by atoms with Crippen LogP contribution >= 0.6 is 11.6 Å². The molecule has 1 fully saturated rings. The molecule has 1 aliphatic heterocycles. The van der Waals surface area contributed by atoms with Gasteiger partial charge < -0.3 is 24.6 Å². The lowest BCUT2D eigenvalue weighted by atomic mass is 10.1. The molecular weight excluding hydrogens is 545 g/mol. The van der Waals surface area contributed by atoms with Crippen molar-refractivity contribution in [2.45, 2.75) is 39.8 Å². The fourth-order valence-electron chi connectivity index (χ4n) is 5.41. The van der Waals surface area contributed by atoms with Gasteiger partial charge in [0.2, 0.25) is 0 Å². The van der Waals surface area contributed by atoms with Gasteiger partial charge in [0, 0.05) is 50.2 Å². The summed E-state index contributed by atoms with van der Waals surface area (Å²) >= 11 is 6.16. The van der Waals surface area contributed by atoms with Gasteiger partial charge in [-0.1, -0.05) is 24.6 Å². The topological polar surface area (TPSA) is 71.3 Å². The normalized spacial score (nSPS) is 15.3. The summed E-state index contributed by atoms with van der Waals surface area (Å²) in [6.45, 7) is 8.85. The number of rotatable bonds is 9. The predicted molar refractivity (Wildman–Crippen MR) is 160 cm³/mol. The Morgan fingerprint density at radius 1 is 1.12 bits per heavy atom. The van der Waals surface area contributed by atoms with E-state index in [-0.39, 0.29) is 24.3 Å². The molecule has 5 rings (SSSR count). The molecule has 8 nitrogen and oxygen atoms in total. The number of pyridine rings is 1. The maximum Gasteiger partial charge on any atom is 0.270 e. The molecule has 10 heteroatoms. The highest BCUT2D eigenvalue weighted by atomic mass is 35.5. The van der Waals surface area contributed by atoms with Gasteiger partial charge in [0.15, 0.2) is 11.5 Å². The van der Waals surface area contributed by atoms with Crippen molar-refractivity contribution in [3.05, 3.63) is 82.5 Å². The summed E-state index contributed by atoms with van der Waals surface area (Å²) in [6, 6.07) is 14.8. The predicted octanol–water partition coefficient (Wildman–Crippen LogP) is 5.74. The lowest BCUT2D eigenvalue weighted by Crippen LogP contribution is -2.52. The summed E-state index contributed by atoms with van der Waals surface area (Å²) in [7, 11) is 1.64. The molecule has 0 saturated carbocycles. The Morgan fingerprint density at radius 2 is 1.95 bits per heavy atom. The van der Waals surface area contributed by atoms with E-state index in [1.165, 1.54) is 6.07 Å². The number of anilines is 2. The maximum atomic E-state index is 15.3. The van der Waals surface area contributed by atoms with Gasteiger partial charge in [0.25, 0.3) is 5.91 Å². The molecular formula is C31H35ClFN5O3. The van der Waals surface area contributed by atoms with Crippen LogP contribution in [0, 0.1) is 5.82 Å². The number of hydrogen-bond donors (Lipinski definition) is 1. The van der Waals surface area contributed by atoms with Crippen molar-refractivity contribution >= 4 is 34.5 Å². The number of nitrogens with zero attached hydrogens (tertiary/aromatic N) is 4. The van der Waals surface area contributed by atoms with Crippen LogP contribution in [-0.2, 0) is 13.0 Å². The van der Waals surface area contributed by atoms with E-state index in [0.29, 0.717) is 65.2 Å². The van der Waals surface area contributed by atoms with E-state index in [1.54, 1.807) is 35.9 Å². The van der Waals surface area contributed by atoms with E-state index < -0.39 is 0 Å². The van der Waals surface area contributed by atoms with E-state index in [2.05, 4.69) is 27.0 Å². The van der Waals surface area contributed by atoms with Crippen molar-refractivity contribution in [1.82, 2.24) is 14.7 Å². The quantitative estimate of drug-likeness (QED) is 0.273. The Kier molecular flexibility index (Phi) is 8.54. The number of imidazole rings is 1. The number of benzene rings is 2. The number of fused-ring (bicyclic) bond motifs is 1. The molecule has 0 radical (unpaired) electrons. The van der Waals surface area contributed by atoms with E-state index in [0.717, 1.165) is 18.0 Å². The number of hydrogen-bond acceptors (Lipinski definition) is 6. The SMILES string of the molecule is CCOc1ccc(N2CCN(c3ccc(CNC(=O)c4c(CC)nc5ccc(Cl)cn45)cc3F)C[C@@H]2C)cc1OC. The first-order valence-corrected chi connectivity index (χ1v) is 14.3. The van der Waals surface area contributed by atoms with Gasteiger partial charge in [0.05, 0.1) is 30.1 Å². The highest BCUT2D eigenvalue weighted by Gasteiger charge is 2.26. The average molecular weight is 580 g/mol. The summed E-state index contributed by atoms with van der Waals surface area (Å²) in [5, 5.41) is 3.43. The van der Waals surface area contributed by atoms with Crippen molar-refractivity contribution in [3.63, 3.8) is 0 Å². The number of carbonyl (C=O) groups is 1. The van der Waals surface area contributed by atoms with Crippen molar-refractivity contribution < 1.29 is 18.7 Å². The zero-order chi connectivity index (χ0) is 29.1. The fourth-order valence-corrected chi connectivity index (χ4v) is 5.57. The first kappa shape index (κ1) is 28.5. The van der Waals surface area contributed by atoms with Crippen LogP contribution in [0.5, 0.6) is 11.5 Å². The highest BCUT2D eigenvalue weighted by molar-refractivity contribution is 6.30. The molecule has 1 N–H and O–H groups in total.